The first-order valence-corrected chi connectivity index (χ1v) is 11.0. The summed E-state index contributed by atoms with van der Waals surface area (Å²) in [6, 6.07) is 15.0. The Bertz CT molecular complexity index is 1200. The maximum atomic E-state index is 12.9. The number of carbonyl (C=O) groups excluding carboxylic acids is 1. The Morgan fingerprint density at radius 2 is 1.60 bits per heavy atom. The van der Waals surface area contributed by atoms with Gasteiger partial charge in [0, 0.05) is 10.6 Å². The smallest absolute Gasteiger partial charge is 0.262 e. The minimum Gasteiger partial charge on any atom is -0.495 e. The Labute approximate surface area is 188 Å². The lowest BCUT2D eigenvalue weighted by Gasteiger charge is -2.14. The number of hydrogen-bond acceptors (Lipinski definition) is 4. The van der Waals surface area contributed by atoms with Gasteiger partial charge in [0.1, 0.15) is 5.75 Å². The Morgan fingerprint density at radius 3 is 2.23 bits per heavy atom. The maximum Gasteiger partial charge on any atom is 0.262 e. The van der Waals surface area contributed by atoms with Gasteiger partial charge in [0.15, 0.2) is 0 Å². The standard InChI is InChI=1S/C20H15Cl3N2O4S/c1-29-18-9-8-14(30(27,28)25-19-15(22)6-3-7-16(19)23)11-17(18)24-20(26)12-4-2-5-13(21)10-12/h2-11,25H,1H3,(H,24,26). The third-order valence-corrected chi connectivity index (χ3v) is 6.23. The highest BCUT2D eigenvalue weighted by atomic mass is 35.5. The molecule has 0 radical (unpaired) electrons. The van der Waals surface area contributed by atoms with Crippen molar-refractivity contribution < 1.29 is 17.9 Å². The van der Waals surface area contributed by atoms with Gasteiger partial charge >= 0.3 is 0 Å². The Kier molecular flexibility index (Phi) is 6.77. The molecule has 0 atom stereocenters. The highest BCUT2D eigenvalue weighted by Crippen LogP contribution is 2.33. The molecule has 10 heteroatoms. The number of nitrogens with one attached hydrogen (secondary N) is 2. The minimum absolute atomic E-state index is 0.0566. The van der Waals surface area contributed by atoms with Gasteiger partial charge < -0.3 is 10.1 Å². The molecule has 156 valence electrons. The predicted octanol–water partition coefficient (Wildman–Crippen LogP) is 5.71. The van der Waals surface area contributed by atoms with Crippen molar-refractivity contribution in [2.24, 2.45) is 0 Å². The van der Waals surface area contributed by atoms with E-state index in [1.54, 1.807) is 24.3 Å². The van der Waals surface area contributed by atoms with Crippen LogP contribution in [0.3, 0.4) is 0 Å². The molecule has 3 aromatic rings. The zero-order valence-electron chi connectivity index (χ0n) is 15.4. The molecule has 0 saturated heterocycles. The molecule has 0 aliphatic rings. The van der Waals surface area contributed by atoms with Crippen LogP contribution in [0.4, 0.5) is 11.4 Å². The zero-order chi connectivity index (χ0) is 21.9. The first-order valence-electron chi connectivity index (χ1n) is 8.43. The summed E-state index contributed by atoms with van der Waals surface area (Å²) in [5.74, 6) is -0.201. The van der Waals surface area contributed by atoms with E-state index in [1.807, 2.05) is 0 Å². The van der Waals surface area contributed by atoms with E-state index in [2.05, 4.69) is 10.0 Å². The molecule has 3 rings (SSSR count). The molecule has 3 aromatic carbocycles. The highest BCUT2D eigenvalue weighted by Gasteiger charge is 2.20. The number of ether oxygens (including phenoxy) is 1. The molecule has 1 amide bonds. The Hall–Kier alpha value is -2.45. The molecule has 0 saturated carbocycles. The lowest BCUT2D eigenvalue weighted by atomic mass is 10.2. The molecule has 0 unspecified atom stereocenters. The van der Waals surface area contributed by atoms with Gasteiger partial charge in [0.05, 0.1) is 33.4 Å². The van der Waals surface area contributed by atoms with Crippen LogP contribution in [0, 0.1) is 0 Å². The summed E-state index contributed by atoms with van der Waals surface area (Å²) in [6.07, 6.45) is 0. The summed E-state index contributed by atoms with van der Waals surface area (Å²) >= 11 is 18.0. The third kappa shape index (κ3) is 4.99. The van der Waals surface area contributed by atoms with E-state index < -0.39 is 15.9 Å². The van der Waals surface area contributed by atoms with Crippen LogP contribution in [0.5, 0.6) is 5.75 Å². The number of amides is 1. The average molecular weight is 486 g/mol. The number of halogens is 3. The van der Waals surface area contributed by atoms with Crippen LogP contribution in [-0.2, 0) is 10.0 Å². The predicted molar refractivity (Wildman–Crippen MR) is 120 cm³/mol. The van der Waals surface area contributed by atoms with Crippen molar-refractivity contribution in [1.29, 1.82) is 0 Å². The van der Waals surface area contributed by atoms with Crippen molar-refractivity contribution in [1.82, 2.24) is 0 Å². The second kappa shape index (κ2) is 9.14. The van der Waals surface area contributed by atoms with E-state index in [9.17, 15) is 13.2 Å². The molecule has 2 N–H and O–H groups in total. The van der Waals surface area contributed by atoms with Crippen molar-refractivity contribution in [3.8, 4) is 5.75 Å². The monoisotopic (exact) mass is 484 g/mol. The number of rotatable bonds is 6. The summed E-state index contributed by atoms with van der Waals surface area (Å²) in [7, 11) is -2.66. The van der Waals surface area contributed by atoms with E-state index in [1.165, 1.54) is 43.5 Å². The molecule has 0 aromatic heterocycles. The molecular formula is C20H15Cl3N2O4S. The lowest BCUT2D eigenvalue weighted by molar-refractivity contribution is 0.102. The van der Waals surface area contributed by atoms with Gasteiger partial charge in [-0.1, -0.05) is 46.9 Å². The summed E-state index contributed by atoms with van der Waals surface area (Å²) in [5, 5.41) is 3.33. The highest BCUT2D eigenvalue weighted by molar-refractivity contribution is 7.92. The van der Waals surface area contributed by atoms with Crippen LogP contribution in [0.25, 0.3) is 0 Å². The Balaban J connectivity index is 1.94. The largest absolute Gasteiger partial charge is 0.495 e. The van der Waals surface area contributed by atoms with Crippen LogP contribution in [-0.4, -0.2) is 21.4 Å². The van der Waals surface area contributed by atoms with Gasteiger partial charge in [0.25, 0.3) is 15.9 Å². The fourth-order valence-electron chi connectivity index (χ4n) is 2.56. The molecule has 0 heterocycles. The van der Waals surface area contributed by atoms with Crippen LogP contribution in [0.1, 0.15) is 10.4 Å². The molecule has 0 fully saturated rings. The number of para-hydroxylation sites is 1. The topological polar surface area (TPSA) is 84.5 Å². The van der Waals surface area contributed by atoms with Crippen molar-refractivity contribution >= 4 is 62.1 Å². The molecule has 0 bridgehead atoms. The normalized spacial score (nSPS) is 11.1. The van der Waals surface area contributed by atoms with Crippen molar-refractivity contribution in [2.75, 3.05) is 17.1 Å². The fraction of sp³-hybridized carbons (Fsp3) is 0.0500. The van der Waals surface area contributed by atoms with Crippen molar-refractivity contribution in [3.63, 3.8) is 0 Å². The van der Waals surface area contributed by atoms with Gasteiger partial charge in [-0.15, -0.1) is 0 Å². The summed E-state index contributed by atoms with van der Waals surface area (Å²) < 4.78 is 33.3. The van der Waals surface area contributed by atoms with Gasteiger partial charge in [-0.05, 0) is 48.5 Å². The van der Waals surface area contributed by atoms with Gasteiger partial charge in [-0.2, -0.15) is 0 Å². The molecule has 0 aliphatic carbocycles. The van der Waals surface area contributed by atoms with E-state index in [0.717, 1.165) is 0 Å². The first-order chi connectivity index (χ1) is 14.2. The molecule has 30 heavy (non-hydrogen) atoms. The quantitative estimate of drug-likeness (QED) is 0.468. The van der Waals surface area contributed by atoms with Crippen LogP contribution in [0.15, 0.2) is 65.6 Å². The number of benzene rings is 3. The third-order valence-electron chi connectivity index (χ3n) is 4.02. The molecule has 0 spiro atoms. The number of methoxy groups -OCH3 is 1. The van der Waals surface area contributed by atoms with Gasteiger partial charge in [0.2, 0.25) is 0 Å². The maximum absolute atomic E-state index is 12.9. The van der Waals surface area contributed by atoms with Gasteiger partial charge in [-0.3, -0.25) is 9.52 Å². The fourth-order valence-corrected chi connectivity index (χ4v) is 4.49. The summed E-state index contributed by atoms with van der Waals surface area (Å²) in [5.41, 5.74) is 0.524. The second-order valence-corrected chi connectivity index (χ2v) is 8.96. The first kappa shape index (κ1) is 22.2. The number of anilines is 2. The van der Waals surface area contributed by atoms with E-state index in [0.29, 0.717) is 10.6 Å². The SMILES string of the molecule is COc1ccc(S(=O)(=O)Nc2c(Cl)cccc2Cl)cc1NC(=O)c1cccc(Cl)c1. The minimum atomic E-state index is -4.06. The van der Waals surface area contributed by atoms with Crippen LogP contribution >= 0.6 is 34.8 Å². The average Bonchev–Trinajstić information content (AvgIpc) is 2.71. The van der Waals surface area contributed by atoms with E-state index in [4.69, 9.17) is 39.5 Å². The van der Waals surface area contributed by atoms with Crippen LogP contribution in [0.2, 0.25) is 15.1 Å². The molecule has 6 nitrogen and oxygen atoms in total. The summed E-state index contributed by atoms with van der Waals surface area (Å²) in [6.45, 7) is 0. The van der Waals surface area contributed by atoms with Gasteiger partial charge in [-0.25, -0.2) is 8.42 Å². The number of sulfonamides is 1. The summed E-state index contributed by atoms with van der Waals surface area (Å²) in [4.78, 5) is 12.4. The van der Waals surface area contributed by atoms with Crippen molar-refractivity contribution in [3.05, 3.63) is 81.3 Å². The zero-order valence-corrected chi connectivity index (χ0v) is 18.5. The number of hydrogen-bond donors (Lipinski definition) is 2. The lowest BCUT2D eigenvalue weighted by Crippen LogP contribution is -2.16. The van der Waals surface area contributed by atoms with E-state index >= 15 is 0 Å². The number of carbonyl (C=O) groups is 1. The second-order valence-electron chi connectivity index (χ2n) is 6.03. The van der Waals surface area contributed by atoms with Crippen LogP contribution < -0.4 is 14.8 Å². The molecule has 0 aliphatic heterocycles. The van der Waals surface area contributed by atoms with Crippen molar-refractivity contribution in [2.45, 2.75) is 4.90 Å². The Morgan fingerprint density at radius 1 is 0.933 bits per heavy atom. The molecular weight excluding hydrogens is 471 g/mol. The van der Waals surface area contributed by atoms with E-state index in [-0.39, 0.29) is 32.1 Å².